The zero-order valence-corrected chi connectivity index (χ0v) is 21.1. The molecular formula is C26H20BrClFNO3S. The minimum absolute atomic E-state index is 0.0200. The summed E-state index contributed by atoms with van der Waals surface area (Å²) in [7, 11) is 0. The first-order valence-electron chi connectivity index (χ1n) is 10.6. The van der Waals surface area contributed by atoms with Crippen molar-refractivity contribution in [1.82, 2.24) is 4.90 Å². The Labute approximate surface area is 214 Å². The van der Waals surface area contributed by atoms with Gasteiger partial charge in [0.1, 0.15) is 12.4 Å². The molecule has 1 aliphatic heterocycles. The van der Waals surface area contributed by atoms with Gasteiger partial charge in [-0.15, -0.1) is 0 Å². The summed E-state index contributed by atoms with van der Waals surface area (Å²) in [6.07, 6.45) is 3.12. The molecule has 4 rings (SSSR count). The fourth-order valence-electron chi connectivity index (χ4n) is 3.50. The van der Waals surface area contributed by atoms with Crippen LogP contribution in [-0.4, -0.2) is 22.6 Å². The standard InChI is InChI=1S/C26H20BrClFNO3S/c27-20-13-18(14-21(28)24(20)33-16-19-10-4-5-11-22(19)29)15-23-25(31)30(26(32)34-23)12-6-9-17-7-2-1-3-8-17/h1-5,7-8,10-11,13-15H,6,9,12,16H2/b23-15+. The second kappa shape index (κ2) is 11.2. The molecule has 1 fully saturated rings. The third-order valence-corrected chi connectivity index (χ3v) is 6.99. The van der Waals surface area contributed by atoms with Crippen LogP contribution in [-0.2, 0) is 17.8 Å². The van der Waals surface area contributed by atoms with E-state index in [0.717, 1.165) is 18.2 Å². The number of carbonyl (C=O) groups is 2. The second-order valence-electron chi connectivity index (χ2n) is 7.62. The average Bonchev–Trinajstić information content (AvgIpc) is 3.07. The highest BCUT2D eigenvalue weighted by atomic mass is 79.9. The molecule has 0 N–H and O–H groups in total. The third kappa shape index (κ3) is 5.90. The molecule has 2 amide bonds. The van der Waals surface area contributed by atoms with Gasteiger partial charge in [-0.1, -0.05) is 60.1 Å². The molecule has 0 aromatic heterocycles. The van der Waals surface area contributed by atoms with E-state index in [9.17, 15) is 14.0 Å². The lowest BCUT2D eigenvalue weighted by Crippen LogP contribution is -2.29. The van der Waals surface area contributed by atoms with E-state index in [-0.39, 0.29) is 23.6 Å². The van der Waals surface area contributed by atoms with Crippen LogP contribution in [0.25, 0.3) is 6.08 Å². The molecule has 174 valence electrons. The Balaban J connectivity index is 1.42. The maximum Gasteiger partial charge on any atom is 0.293 e. The summed E-state index contributed by atoms with van der Waals surface area (Å²) in [5.74, 6) is -0.294. The first-order chi connectivity index (χ1) is 16.4. The van der Waals surface area contributed by atoms with Crippen LogP contribution in [0.4, 0.5) is 9.18 Å². The number of benzene rings is 3. The zero-order valence-electron chi connectivity index (χ0n) is 18.0. The Bertz CT molecular complexity index is 1230. The molecule has 3 aromatic rings. The number of ether oxygens (including phenoxy) is 1. The van der Waals surface area contributed by atoms with Crippen molar-refractivity contribution in [2.75, 3.05) is 6.54 Å². The molecular weight excluding hydrogens is 541 g/mol. The fourth-order valence-corrected chi connectivity index (χ4v) is 5.35. The van der Waals surface area contributed by atoms with Gasteiger partial charge in [-0.25, -0.2) is 4.39 Å². The van der Waals surface area contributed by atoms with Gasteiger partial charge in [-0.2, -0.15) is 0 Å². The minimum atomic E-state index is -0.356. The van der Waals surface area contributed by atoms with Crippen LogP contribution in [0, 0.1) is 5.82 Å². The zero-order chi connectivity index (χ0) is 24.1. The summed E-state index contributed by atoms with van der Waals surface area (Å²) in [5, 5.41) is 0.0263. The molecule has 1 aliphatic rings. The lowest BCUT2D eigenvalue weighted by atomic mass is 10.1. The normalized spacial score (nSPS) is 14.8. The monoisotopic (exact) mass is 559 g/mol. The van der Waals surface area contributed by atoms with E-state index in [4.69, 9.17) is 16.3 Å². The van der Waals surface area contributed by atoms with Gasteiger partial charge in [-0.3, -0.25) is 14.5 Å². The van der Waals surface area contributed by atoms with E-state index in [1.165, 1.54) is 16.5 Å². The number of carbonyl (C=O) groups excluding carboxylic acids is 2. The first-order valence-corrected chi connectivity index (χ1v) is 12.6. The Morgan fingerprint density at radius 3 is 2.53 bits per heavy atom. The Morgan fingerprint density at radius 2 is 1.79 bits per heavy atom. The van der Waals surface area contributed by atoms with Crippen LogP contribution >= 0.6 is 39.3 Å². The van der Waals surface area contributed by atoms with Crippen LogP contribution in [0.15, 0.2) is 76.1 Å². The minimum Gasteiger partial charge on any atom is -0.486 e. The number of aryl methyl sites for hydroxylation is 1. The molecule has 0 saturated carbocycles. The van der Waals surface area contributed by atoms with E-state index in [0.29, 0.717) is 44.2 Å². The van der Waals surface area contributed by atoms with Crippen LogP contribution in [0.3, 0.4) is 0 Å². The lowest BCUT2D eigenvalue weighted by Gasteiger charge is -2.12. The van der Waals surface area contributed by atoms with Crippen molar-refractivity contribution in [3.63, 3.8) is 0 Å². The Kier molecular flexibility index (Phi) is 8.08. The van der Waals surface area contributed by atoms with Crippen molar-refractivity contribution in [2.45, 2.75) is 19.4 Å². The molecule has 3 aromatic carbocycles. The molecule has 8 heteroatoms. The topological polar surface area (TPSA) is 46.6 Å². The molecule has 0 atom stereocenters. The molecule has 1 saturated heterocycles. The van der Waals surface area contributed by atoms with E-state index in [2.05, 4.69) is 15.9 Å². The number of halogens is 3. The highest BCUT2D eigenvalue weighted by Gasteiger charge is 2.34. The summed E-state index contributed by atoms with van der Waals surface area (Å²) in [6.45, 7) is 0.385. The van der Waals surface area contributed by atoms with Crippen molar-refractivity contribution in [3.05, 3.63) is 104 Å². The summed E-state index contributed by atoms with van der Waals surface area (Å²) in [4.78, 5) is 26.8. The molecule has 34 heavy (non-hydrogen) atoms. The largest absolute Gasteiger partial charge is 0.486 e. The third-order valence-electron chi connectivity index (χ3n) is 5.21. The van der Waals surface area contributed by atoms with Gasteiger partial charge < -0.3 is 4.74 Å². The van der Waals surface area contributed by atoms with Gasteiger partial charge in [0, 0.05) is 12.1 Å². The number of thioether (sulfide) groups is 1. The molecule has 0 unspecified atom stereocenters. The number of rotatable bonds is 8. The quantitative estimate of drug-likeness (QED) is 0.268. The van der Waals surface area contributed by atoms with Crippen LogP contribution < -0.4 is 4.74 Å². The first kappa shape index (κ1) is 24.5. The smallest absolute Gasteiger partial charge is 0.293 e. The van der Waals surface area contributed by atoms with Crippen molar-refractivity contribution in [2.24, 2.45) is 0 Å². The summed E-state index contributed by atoms with van der Waals surface area (Å²) in [5.41, 5.74) is 2.22. The molecule has 0 bridgehead atoms. The van der Waals surface area contributed by atoms with Crippen molar-refractivity contribution in [3.8, 4) is 5.75 Å². The predicted octanol–water partition coefficient (Wildman–Crippen LogP) is 7.49. The number of hydrogen-bond donors (Lipinski definition) is 0. The average molecular weight is 561 g/mol. The molecule has 0 radical (unpaired) electrons. The Hall–Kier alpha value is -2.61. The Morgan fingerprint density at radius 1 is 1.06 bits per heavy atom. The van der Waals surface area contributed by atoms with E-state index >= 15 is 0 Å². The van der Waals surface area contributed by atoms with Gasteiger partial charge in [0.15, 0.2) is 5.75 Å². The van der Waals surface area contributed by atoms with E-state index < -0.39 is 0 Å². The van der Waals surface area contributed by atoms with E-state index in [1.54, 1.807) is 36.4 Å². The fraction of sp³-hybridized carbons (Fsp3) is 0.154. The van der Waals surface area contributed by atoms with Gasteiger partial charge in [0.2, 0.25) is 0 Å². The number of amides is 2. The number of nitrogens with zero attached hydrogens (tertiary/aromatic N) is 1. The van der Waals surface area contributed by atoms with Crippen LogP contribution in [0.2, 0.25) is 5.02 Å². The van der Waals surface area contributed by atoms with E-state index in [1.807, 2.05) is 30.3 Å². The number of imide groups is 1. The van der Waals surface area contributed by atoms with Crippen molar-refractivity contribution >= 4 is 56.5 Å². The highest BCUT2D eigenvalue weighted by Crippen LogP contribution is 2.38. The van der Waals surface area contributed by atoms with Gasteiger partial charge in [-0.05, 0) is 75.9 Å². The SMILES string of the molecule is O=C1S/C(=C/c2cc(Cl)c(OCc3ccccc3F)c(Br)c2)C(=O)N1CCCc1ccccc1. The van der Waals surface area contributed by atoms with Crippen LogP contribution in [0.5, 0.6) is 5.75 Å². The lowest BCUT2D eigenvalue weighted by molar-refractivity contribution is -0.122. The van der Waals surface area contributed by atoms with Gasteiger partial charge in [0.25, 0.3) is 11.1 Å². The summed E-state index contributed by atoms with van der Waals surface area (Å²) in [6, 6.07) is 19.7. The number of hydrogen-bond acceptors (Lipinski definition) is 4. The van der Waals surface area contributed by atoms with Crippen molar-refractivity contribution < 1.29 is 18.7 Å². The maximum atomic E-state index is 13.9. The summed E-state index contributed by atoms with van der Waals surface area (Å²) < 4.78 is 20.1. The summed E-state index contributed by atoms with van der Waals surface area (Å²) >= 11 is 10.7. The second-order valence-corrected chi connectivity index (χ2v) is 9.87. The predicted molar refractivity (Wildman–Crippen MR) is 137 cm³/mol. The molecule has 0 aliphatic carbocycles. The van der Waals surface area contributed by atoms with Crippen molar-refractivity contribution in [1.29, 1.82) is 0 Å². The van der Waals surface area contributed by atoms with Crippen LogP contribution in [0.1, 0.15) is 23.1 Å². The van der Waals surface area contributed by atoms with Gasteiger partial charge in [0.05, 0.1) is 14.4 Å². The molecule has 0 spiro atoms. The molecule has 4 nitrogen and oxygen atoms in total. The van der Waals surface area contributed by atoms with Gasteiger partial charge >= 0.3 is 0 Å². The maximum absolute atomic E-state index is 13.9. The molecule has 1 heterocycles. The highest BCUT2D eigenvalue weighted by molar-refractivity contribution is 9.10.